The molecule has 0 radical (unpaired) electrons. The fraction of sp³-hybridized carbons (Fsp3) is 0.581. The number of piperidine rings is 1. The second-order valence-electron chi connectivity index (χ2n) is 12.4. The number of likely N-dealkylation sites (tertiary alicyclic amines) is 1. The minimum Gasteiger partial charge on any atom is -0.481 e. The molecule has 3 heterocycles. The molecule has 18 heteroatoms. The first-order valence-corrected chi connectivity index (χ1v) is 16.0. The Labute approximate surface area is 277 Å². The maximum absolute atomic E-state index is 13.8. The number of carboxylic acids is 1. The molecule has 2 atom stereocenters. The van der Waals surface area contributed by atoms with Gasteiger partial charge in [-0.1, -0.05) is 13.8 Å². The summed E-state index contributed by atoms with van der Waals surface area (Å²) in [5, 5.41) is 20.2. The second-order valence-corrected chi connectivity index (χ2v) is 12.4. The largest absolute Gasteiger partial charge is 0.481 e. The van der Waals surface area contributed by atoms with Crippen molar-refractivity contribution in [3.8, 4) is 5.69 Å². The number of nitrogens with zero attached hydrogens (tertiary/aromatic N) is 8. The summed E-state index contributed by atoms with van der Waals surface area (Å²) < 4.78 is 89.7. The van der Waals surface area contributed by atoms with Crippen LogP contribution in [0.5, 0.6) is 0 Å². The molecule has 12 nitrogen and oxygen atoms in total. The molecule has 0 spiro atoms. The molecule has 1 aliphatic carbocycles. The highest BCUT2D eigenvalue weighted by molar-refractivity contribution is 5.70. The SMILES string of the molecule is CCC1CC(N(Cc2cc(C(F)(F)F)cc(C(F)(F)F)c2)c2ncc(-n3cnnn3)cn2)CC(CC)N1C(=O)OC1CCC(C(=O)O)CC1. The zero-order valence-corrected chi connectivity index (χ0v) is 26.7. The van der Waals surface area contributed by atoms with Gasteiger partial charge in [-0.15, -0.1) is 5.10 Å². The lowest BCUT2D eigenvalue weighted by atomic mass is 9.87. The summed E-state index contributed by atoms with van der Waals surface area (Å²) in [4.78, 5) is 37.0. The van der Waals surface area contributed by atoms with E-state index in [1.165, 1.54) is 23.4 Å². The Kier molecular flexibility index (Phi) is 10.6. The van der Waals surface area contributed by atoms with Crippen LogP contribution in [0.4, 0.5) is 37.1 Å². The molecular formula is C31H36F6N8O4. The van der Waals surface area contributed by atoms with Crippen molar-refractivity contribution in [3.05, 3.63) is 53.6 Å². The van der Waals surface area contributed by atoms with Crippen LogP contribution in [0, 0.1) is 5.92 Å². The van der Waals surface area contributed by atoms with Crippen LogP contribution in [0.3, 0.4) is 0 Å². The third-order valence-corrected chi connectivity index (χ3v) is 9.26. The summed E-state index contributed by atoms with van der Waals surface area (Å²) in [6.45, 7) is 3.37. The molecule has 1 N–H and O–H groups in total. The van der Waals surface area contributed by atoms with Crippen molar-refractivity contribution < 1.29 is 45.8 Å². The topological polar surface area (TPSA) is 139 Å². The van der Waals surface area contributed by atoms with Gasteiger partial charge < -0.3 is 19.6 Å². The lowest BCUT2D eigenvalue weighted by Gasteiger charge is -2.47. The molecule has 266 valence electrons. The average molecular weight is 699 g/mol. The Morgan fingerprint density at radius 2 is 1.49 bits per heavy atom. The molecule has 1 saturated heterocycles. The van der Waals surface area contributed by atoms with Gasteiger partial charge in [0.05, 0.1) is 29.4 Å². The maximum atomic E-state index is 13.8. The van der Waals surface area contributed by atoms with Crippen molar-refractivity contribution >= 4 is 18.0 Å². The molecule has 1 amide bonds. The van der Waals surface area contributed by atoms with Crippen LogP contribution in [-0.2, 0) is 28.4 Å². The quantitative estimate of drug-likeness (QED) is 0.254. The zero-order chi connectivity index (χ0) is 35.5. The molecule has 49 heavy (non-hydrogen) atoms. The van der Waals surface area contributed by atoms with Gasteiger partial charge in [0.15, 0.2) is 0 Å². The van der Waals surface area contributed by atoms with Crippen molar-refractivity contribution in [2.75, 3.05) is 4.90 Å². The minimum absolute atomic E-state index is 0.0590. The first kappa shape index (κ1) is 35.8. The van der Waals surface area contributed by atoms with Crippen LogP contribution in [-0.4, -0.2) is 76.5 Å². The van der Waals surface area contributed by atoms with Crippen LogP contribution < -0.4 is 4.90 Å². The molecule has 0 bridgehead atoms. The molecule has 1 aliphatic heterocycles. The summed E-state index contributed by atoms with van der Waals surface area (Å²) in [5.41, 5.74) is -2.73. The van der Waals surface area contributed by atoms with E-state index in [0.717, 1.165) is 0 Å². The van der Waals surface area contributed by atoms with Gasteiger partial charge in [-0.2, -0.15) is 31.0 Å². The van der Waals surface area contributed by atoms with E-state index >= 15 is 0 Å². The number of carbonyl (C=O) groups excluding carboxylic acids is 1. The first-order valence-electron chi connectivity index (χ1n) is 16.0. The van der Waals surface area contributed by atoms with E-state index in [9.17, 15) is 41.0 Å². The number of benzene rings is 1. The Balaban J connectivity index is 1.45. The normalized spacial score (nSPS) is 23.3. The number of aliphatic carboxylic acids is 1. The highest BCUT2D eigenvalue weighted by Crippen LogP contribution is 2.38. The summed E-state index contributed by atoms with van der Waals surface area (Å²) in [7, 11) is 0. The van der Waals surface area contributed by atoms with Gasteiger partial charge in [0, 0.05) is 24.7 Å². The number of carboxylic acid groups (broad SMARTS) is 1. The van der Waals surface area contributed by atoms with Gasteiger partial charge in [-0.05, 0) is 85.6 Å². The molecule has 1 aromatic carbocycles. The Morgan fingerprint density at radius 3 is 1.96 bits per heavy atom. The van der Waals surface area contributed by atoms with E-state index in [0.29, 0.717) is 69.2 Å². The van der Waals surface area contributed by atoms with Crippen molar-refractivity contribution in [1.82, 2.24) is 35.1 Å². The number of anilines is 1. The van der Waals surface area contributed by atoms with E-state index in [1.54, 1.807) is 9.80 Å². The highest BCUT2D eigenvalue weighted by Gasteiger charge is 2.42. The van der Waals surface area contributed by atoms with Crippen LogP contribution >= 0.6 is 0 Å². The predicted molar refractivity (Wildman–Crippen MR) is 160 cm³/mol. The van der Waals surface area contributed by atoms with Crippen molar-refractivity contribution in [1.29, 1.82) is 0 Å². The lowest BCUT2D eigenvalue weighted by Crippen LogP contribution is -2.57. The average Bonchev–Trinajstić information content (AvgIpc) is 3.61. The third kappa shape index (κ3) is 8.39. The van der Waals surface area contributed by atoms with Gasteiger partial charge >= 0.3 is 24.4 Å². The van der Waals surface area contributed by atoms with Gasteiger partial charge in [-0.25, -0.2) is 14.8 Å². The predicted octanol–water partition coefficient (Wildman–Crippen LogP) is 6.30. The van der Waals surface area contributed by atoms with Crippen LogP contribution in [0.25, 0.3) is 5.69 Å². The van der Waals surface area contributed by atoms with E-state index < -0.39 is 53.6 Å². The first-order chi connectivity index (χ1) is 23.2. The van der Waals surface area contributed by atoms with Crippen LogP contribution in [0.1, 0.15) is 81.9 Å². The van der Waals surface area contributed by atoms with Crippen LogP contribution in [0.15, 0.2) is 36.9 Å². The number of alkyl halides is 6. The summed E-state index contributed by atoms with van der Waals surface area (Å²) in [6.07, 6.45) is -3.69. The van der Waals surface area contributed by atoms with E-state index in [-0.39, 0.29) is 36.2 Å². The molecule has 2 aromatic heterocycles. The number of carbonyl (C=O) groups is 2. The van der Waals surface area contributed by atoms with Crippen molar-refractivity contribution in [2.24, 2.45) is 5.92 Å². The Morgan fingerprint density at radius 1 is 0.918 bits per heavy atom. The van der Waals surface area contributed by atoms with Crippen molar-refractivity contribution in [3.63, 3.8) is 0 Å². The van der Waals surface area contributed by atoms with E-state index in [4.69, 9.17) is 4.74 Å². The molecule has 3 aromatic rings. The number of aromatic nitrogens is 6. The number of halogens is 6. The van der Waals surface area contributed by atoms with E-state index in [2.05, 4.69) is 25.5 Å². The zero-order valence-electron chi connectivity index (χ0n) is 26.7. The number of amides is 1. The summed E-state index contributed by atoms with van der Waals surface area (Å²) in [5.74, 6) is -1.29. The van der Waals surface area contributed by atoms with Gasteiger partial charge in [0.1, 0.15) is 18.1 Å². The summed E-state index contributed by atoms with van der Waals surface area (Å²) >= 11 is 0. The number of ether oxygens (including phenoxy) is 1. The summed E-state index contributed by atoms with van der Waals surface area (Å²) in [6, 6.07) is 0.204. The molecule has 1 saturated carbocycles. The van der Waals surface area contributed by atoms with Gasteiger partial charge in [0.2, 0.25) is 5.95 Å². The number of tetrazole rings is 1. The number of rotatable bonds is 9. The molecule has 2 aliphatic rings. The molecule has 2 unspecified atom stereocenters. The smallest absolute Gasteiger partial charge is 0.416 e. The number of hydrogen-bond donors (Lipinski definition) is 1. The third-order valence-electron chi connectivity index (χ3n) is 9.26. The standard InChI is InChI=1S/C31H36F6N8O4/c1-3-22-12-24(13-23(4-2)45(22)29(48)49-26-7-5-19(6-8-26)27(46)47)43(28-38-14-25(15-39-28)44-17-40-41-42-44)16-18-9-20(30(32,33)34)11-21(10-18)31(35,36)37/h9-11,14-15,17,19,22-24,26H,3-8,12-13,16H2,1-2H3,(H,46,47). The lowest BCUT2D eigenvalue weighted by molar-refractivity contribution is -0.144. The van der Waals surface area contributed by atoms with Crippen LogP contribution in [0.2, 0.25) is 0 Å². The fourth-order valence-corrected chi connectivity index (χ4v) is 6.69. The minimum atomic E-state index is -5.02. The Hall–Kier alpha value is -4.51. The fourth-order valence-electron chi connectivity index (χ4n) is 6.69. The molecule has 2 fully saturated rings. The van der Waals surface area contributed by atoms with Gasteiger partial charge in [-0.3, -0.25) is 4.79 Å². The number of hydrogen-bond acceptors (Lipinski definition) is 9. The maximum Gasteiger partial charge on any atom is 0.416 e. The highest BCUT2D eigenvalue weighted by atomic mass is 19.4. The Bertz CT molecular complexity index is 1530. The van der Waals surface area contributed by atoms with E-state index in [1.807, 2.05) is 13.8 Å². The monoisotopic (exact) mass is 698 g/mol. The molecular weight excluding hydrogens is 662 g/mol. The second kappa shape index (κ2) is 14.5. The van der Waals surface area contributed by atoms with Crippen molar-refractivity contribution in [2.45, 2.75) is 108 Å². The molecule has 5 rings (SSSR count). The van der Waals surface area contributed by atoms with Gasteiger partial charge in [0.25, 0.3) is 0 Å².